The van der Waals surface area contributed by atoms with Gasteiger partial charge in [-0.05, 0) is 30.1 Å². The molecule has 0 amide bonds. The Balaban J connectivity index is 2.20. The van der Waals surface area contributed by atoms with Gasteiger partial charge in [-0.2, -0.15) is 0 Å². The van der Waals surface area contributed by atoms with Crippen LogP contribution in [0.3, 0.4) is 0 Å². The number of hydrogen-bond acceptors (Lipinski definition) is 2. The minimum absolute atomic E-state index is 0.0579. The number of ether oxygens (including phenoxy) is 1. The van der Waals surface area contributed by atoms with Crippen molar-refractivity contribution in [2.45, 2.75) is 65.7 Å². The van der Waals surface area contributed by atoms with Crippen LogP contribution in [0.25, 0.3) is 0 Å². The highest BCUT2D eigenvalue weighted by molar-refractivity contribution is 5.69. The zero-order chi connectivity index (χ0) is 12.9. The number of hydrogen-bond donors (Lipinski definition) is 0. The predicted molar refractivity (Wildman–Crippen MR) is 70.8 cm³/mol. The number of methoxy groups -OCH3 is 1. The molecule has 1 aliphatic rings. The molecule has 17 heavy (non-hydrogen) atoms. The molecule has 0 aromatic rings. The van der Waals surface area contributed by atoms with Gasteiger partial charge in [-0.15, -0.1) is 0 Å². The van der Waals surface area contributed by atoms with Gasteiger partial charge >= 0.3 is 5.97 Å². The summed E-state index contributed by atoms with van der Waals surface area (Å²) in [5.74, 6) is 1.52. The molecule has 0 spiro atoms. The number of esters is 1. The van der Waals surface area contributed by atoms with E-state index in [0.29, 0.717) is 11.8 Å². The Morgan fingerprint density at radius 2 is 1.76 bits per heavy atom. The highest BCUT2D eigenvalue weighted by Gasteiger charge is 2.55. The van der Waals surface area contributed by atoms with Crippen LogP contribution in [0.4, 0.5) is 0 Å². The lowest BCUT2D eigenvalue weighted by atomic mass is 10.0. The molecule has 0 aromatic carbocycles. The molecule has 1 rings (SSSR count). The van der Waals surface area contributed by atoms with E-state index in [-0.39, 0.29) is 5.97 Å². The molecule has 2 heteroatoms. The smallest absolute Gasteiger partial charge is 0.305 e. The SMILES string of the molecule is CCCCCCC1C(CCC(=O)OC)C1(C)C. The first-order chi connectivity index (χ1) is 8.04. The fourth-order valence-electron chi connectivity index (χ4n) is 3.17. The van der Waals surface area contributed by atoms with Crippen molar-refractivity contribution in [2.24, 2.45) is 17.3 Å². The van der Waals surface area contributed by atoms with E-state index in [1.165, 1.54) is 39.2 Å². The first-order valence-electron chi connectivity index (χ1n) is 7.10. The first kappa shape index (κ1) is 14.5. The summed E-state index contributed by atoms with van der Waals surface area (Å²) in [6, 6.07) is 0. The summed E-state index contributed by atoms with van der Waals surface area (Å²) in [7, 11) is 1.47. The second-order valence-corrected chi connectivity index (χ2v) is 6.00. The Labute approximate surface area is 106 Å². The second-order valence-electron chi connectivity index (χ2n) is 6.00. The van der Waals surface area contributed by atoms with E-state index in [0.717, 1.165) is 18.3 Å². The number of carbonyl (C=O) groups is 1. The van der Waals surface area contributed by atoms with E-state index in [4.69, 9.17) is 4.74 Å². The van der Waals surface area contributed by atoms with E-state index in [1.54, 1.807) is 0 Å². The topological polar surface area (TPSA) is 26.3 Å². The monoisotopic (exact) mass is 240 g/mol. The summed E-state index contributed by atoms with van der Waals surface area (Å²) in [4.78, 5) is 11.1. The van der Waals surface area contributed by atoms with Crippen molar-refractivity contribution >= 4 is 5.97 Å². The van der Waals surface area contributed by atoms with Gasteiger partial charge in [0.05, 0.1) is 7.11 Å². The molecule has 0 heterocycles. The molecule has 0 bridgehead atoms. The maximum absolute atomic E-state index is 11.1. The van der Waals surface area contributed by atoms with Gasteiger partial charge in [0.2, 0.25) is 0 Å². The zero-order valence-corrected chi connectivity index (χ0v) is 11.9. The fourth-order valence-corrected chi connectivity index (χ4v) is 3.17. The van der Waals surface area contributed by atoms with Gasteiger partial charge in [0.1, 0.15) is 0 Å². The molecule has 1 fully saturated rings. The fraction of sp³-hybridized carbons (Fsp3) is 0.933. The lowest BCUT2D eigenvalue weighted by molar-refractivity contribution is -0.140. The van der Waals surface area contributed by atoms with Crippen LogP contribution in [0.2, 0.25) is 0 Å². The van der Waals surface area contributed by atoms with Crippen LogP contribution in [0.5, 0.6) is 0 Å². The average molecular weight is 240 g/mol. The maximum Gasteiger partial charge on any atom is 0.305 e. The summed E-state index contributed by atoms with van der Waals surface area (Å²) < 4.78 is 4.71. The maximum atomic E-state index is 11.1. The Morgan fingerprint density at radius 1 is 1.12 bits per heavy atom. The molecule has 0 saturated heterocycles. The van der Waals surface area contributed by atoms with E-state index in [1.807, 2.05) is 0 Å². The van der Waals surface area contributed by atoms with Gasteiger partial charge in [0.25, 0.3) is 0 Å². The molecule has 1 aliphatic carbocycles. The molecule has 2 unspecified atom stereocenters. The second kappa shape index (κ2) is 6.42. The number of rotatable bonds is 8. The molecule has 2 atom stereocenters. The normalized spacial score (nSPS) is 25.6. The summed E-state index contributed by atoms with van der Waals surface area (Å²) in [6.45, 7) is 6.94. The first-order valence-corrected chi connectivity index (χ1v) is 7.10. The average Bonchev–Trinajstić information content (AvgIpc) is 2.82. The van der Waals surface area contributed by atoms with Crippen molar-refractivity contribution in [1.82, 2.24) is 0 Å². The van der Waals surface area contributed by atoms with Crippen molar-refractivity contribution in [3.8, 4) is 0 Å². The van der Waals surface area contributed by atoms with Gasteiger partial charge in [0, 0.05) is 6.42 Å². The molecule has 0 aromatic heterocycles. The lowest BCUT2D eigenvalue weighted by Gasteiger charge is -2.02. The number of carbonyl (C=O) groups excluding carboxylic acids is 1. The summed E-state index contributed by atoms with van der Waals surface area (Å²) in [5, 5.41) is 0. The molecule has 0 N–H and O–H groups in total. The molecule has 100 valence electrons. The van der Waals surface area contributed by atoms with Crippen molar-refractivity contribution in [2.75, 3.05) is 7.11 Å². The zero-order valence-electron chi connectivity index (χ0n) is 11.9. The summed E-state index contributed by atoms with van der Waals surface area (Å²) >= 11 is 0. The van der Waals surface area contributed by atoms with Gasteiger partial charge in [0.15, 0.2) is 0 Å². The molecular formula is C15H28O2. The van der Waals surface area contributed by atoms with Gasteiger partial charge in [-0.1, -0.05) is 46.5 Å². The predicted octanol–water partition coefficient (Wildman–Crippen LogP) is 4.18. The van der Waals surface area contributed by atoms with Crippen LogP contribution < -0.4 is 0 Å². The van der Waals surface area contributed by atoms with Crippen LogP contribution >= 0.6 is 0 Å². The Hall–Kier alpha value is -0.530. The summed E-state index contributed by atoms with van der Waals surface area (Å²) in [5.41, 5.74) is 0.459. The minimum atomic E-state index is -0.0579. The van der Waals surface area contributed by atoms with Crippen LogP contribution in [-0.4, -0.2) is 13.1 Å². The van der Waals surface area contributed by atoms with Crippen LogP contribution in [-0.2, 0) is 9.53 Å². The van der Waals surface area contributed by atoms with Crippen LogP contribution in [0.1, 0.15) is 65.7 Å². The van der Waals surface area contributed by atoms with E-state index >= 15 is 0 Å². The van der Waals surface area contributed by atoms with E-state index in [2.05, 4.69) is 20.8 Å². The Bertz CT molecular complexity index is 245. The minimum Gasteiger partial charge on any atom is -0.469 e. The Kier molecular flexibility index (Phi) is 5.48. The van der Waals surface area contributed by atoms with Gasteiger partial charge in [-0.25, -0.2) is 0 Å². The van der Waals surface area contributed by atoms with Crippen molar-refractivity contribution in [1.29, 1.82) is 0 Å². The molecule has 0 aliphatic heterocycles. The molecular weight excluding hydrogens is 212 g/mol. The Morgan fingerprint density at radius 3 is 2.35 bits per heavy atom. The highest BCUT2D eigenvalue weighted by Crippen LogP contribution is 2.62. The van der Waals surface area contributed by atoms with Crippen LogP contribution in [0, 0.1) is 17.3 Å². The quantitative estimate of drug-likeness (QED) is 0.470. The van der Waals surface area contributed by atoms with Crippen molar-refractivity contribution in [3.05, 3.63) is 0 Å². The van der Waals surface area contributed by atoms with Crippen LogP contribution in [0.15, 0.2) is 0 Å². The third-order valence-corrected chi connectivity index (χ3v) is 4.54. The van der Waals surface area contributed by atoms with E-state index in [9.17, 15) is 4.79 Å². The van der Waals surface area contributed by atoms with Gasteiger partial charge in [-0.3, -0.25) is 4.79 Å². The molecule has 1 saturated carbocycles. The largest absolute Gasteiger partial charge is 0.469 e. The number of unbranched alkanes of at least 4 members (excludes halogenated alkanes) is 3. The molecule has 0 radical (unpaired) electrons. The van der Waals surface area contributed by atoms with E-state index < -0.39 is 0 Å². The third kappa shape index (κ3) is 4.01. The lowest BCUT2D eigenvalue weighted by Crippen LogP contribution is -2.01. The molecule has 2 nitrogen and oxygen atoms in total. The standard InChI is InChI=1S/C15H28O2/c1-5-6-7-8-9-12-13(15(12,2)3)10-11-14(16)17-4/h12-13H,5-11H2,1-4H3. The highest BCUT2D eigenvalue weighted by atomic mass is 16.5. The third-order valence-electron chi connectivity index (χ3n) is 4.54. The van der Waals surface area contributed by atoms with Crippen molar-refractivity contribution < 1.29 is 9.53 Å². The van der Waals surface area contributed by atoms with Crippen molar-refractivity contribution in [3.63, 3.8) is 0 Å². The summed E-state index contributed by atoms with van der Waals surface area (Å²) in [6.07, 6.45) is 8.34. The van der Waals surface area contributed by atoms with Gasteiger partial charge < -0.3 is 4.74 Å².